The minimum atomic E-state index is -0.174. The Morgan fingerprint density at radius 3 is 2.04 bits per heavy atom. The van der Waals surface area contributed by atoms with Crippen molar-refractivity contribution < 1.29 is 9.53 Å². The fourth-order valence-corrected chi connectivity index (χ4v) is 3.14. The number of hydrogen-bond donors (Lipinski definition) is 0. The van der Waals surface area contributed by atoms with Gasteiger partial charge in [0.15, 0.2) is 0 Å². The van der Waals surface area contributed by atoms with Crippen LogP contribution in [-0.2, 0) is 22.4 Å². The molecule has 3 heteroatoms. The average Bonchev–Trinajstić information content (AvgIpc) is 2.55. The van der Waals surface area contributed by atoms with Gasteiger partial charge < -0.3 is 9.64 Å². The zero-order chi connectivity index (χ0) is 16.2. The van der Waals surface area contributed by atoms with Gasteiger partial charge in [0.05, 0.1) is 0 Å². The molecule has 0 spiro atoms. The molecule has 0 bridgehead atoms. The first-order valence-electron chi connectivity index (χ1n) is 8.14. The average molecular weight is 309 g/mol. The summed E-state index contributed by atoms with van der Waals surface area (Å²) >= 11 is 0. The van der Waals surface area contributed by atoms with Crippen LogP contribution >= 0.6 is 0 Å². The highest BCUT2D eigenvalue weighted by Crippen LogP contribution is 2.34. The first-order chi connectivity index (χ1) is 11.2. The van der Waals surface area contributed by atoms with Crippen LogP contribution in [0.3, 0.4) is 0 Å². The van der Waals surface area contributed by atoms with Gasteiger partial charge in [0.1, 0.15) is 12.7 Å². The lowest BCUT2D eigenvalue weighted by molar-refractivity contribution is -0.135. The monoisotopic (exact) mass is 309 g/mol. The highest BCUT2D eigenvalue weighted by molar-refractivity contribution is 5.76. The molecule has 0 radical (unpaired) electrons. The topological polar surface area (TPSA) is 29.5 Å². The predicted molar refractivity (Wildman–Crippen MR) is 91.4 cm³/mol. The van der Waals surface area contributed by atoms with Gasteiger partial charge in [-0.05, 0) is 41.5 Å². The van der Waals surface area contributed by atoms with Gasteiger partial charge in [-0.2, -0.15) is 0 Å². The number of aryl methyl sites for hydroxylation is 2. The number of amides is 1. The van der Waals surface area contributed by atoms with Crippen LogP contribution in [-0.4, -0.2) is 31.5 Å². The lowest BCUT2D eigenvalue weighted by atomic mass is 9.87. The first-order valence-corrected chi connectivity index (χ1v) is 8.14. The lowest BCUT2D eigenvalue weighted by Crippen LogP contribution is -2.28. The van der Waals surface area contributed by atoms with Gasteiger partial charge in [-0.15, -0.1) is 0 Å². The summed E-state index contributed by atoms with van der Waals surface area (Å²) in [6, 6.07) is 16.9. The van der Waals surface area contributed by atoms with Crippen LogP contribution in [0, 0.1) is 0 Å². The molecule has 120 valence electrons. The molecule has 1 aliphatic rings. The Hall–Kier alpha value is -2.13. The summed E-state index contributed by atoms with van der Waals surface area (Å²) in [5, 5.41) is 0. The predicted octanol–water partition coefficient (Wildman–Crippen LogP) is 3.37. The Labute approximate surface area is 137 Å². The van der Waals surface area contributed by atoms with Crippen molar-refractivity contribution in [2.75, 3.05) is 20.7 Å². The standard InChI is InChI=1S/C20H23NO2/c1-21(2)19(22)14-23-20-17-12-5-3-8-15(17)10-7-11-16-9-4-6-13-18(16)20/h3-6,8-9,12-13,20H,7,10-11,14H2,1-2H3. The first kappa shape index (κ1) is 15.8. The van der Waals surface area contributed by atoms with Crippen molar-refractivity contribution in [3.8, 4) is 0 Å². The number of ether oxygens (including phenoxy) is 1. The van der Waals surface area contributed by atoms with Gasteiger partial charge >= 0.3 is 0 Å². The Bertz CT molecular complexity index is 646. The van der Waals surface area contributed by atoms with Crippen molar-refractivity contribution in [3.05, 3.63) is 70.8 Å². The second-order valence-corrected chi connectivity index (χ2v) is 6.23. The molecular weight excluding hydrogens is 286 g/mol. The molecular formula is C20H23NO2. The van der Waals surface area contributed by atoms with Crippen LogP contribution in [0.2, 0.25) is 0 Å². The summed E-state index contributed by atoms with van der Waals surface area (Å²) in [7, 11) is 3.51. The number of hydrogen-bond acceptors (Lipinski definition) is 2. The van der Waals surface area contributed by atoms with Crippen molar-refractivity contribution in [3.63, 3.8) is 0 Å². The van der Waals surface area contributed by atoms with E-state index in [1.807, 2.05) is 12.1 Å². The van der Waals surface area contributed by atoms with Crippen LogP contribution in [0.5, 0.6) is 0 Å². The zero-order valence-corrected chi connectivity index (χ0v) is 13.8. The third-order valence-electron chi connectivity index (χ3n) is 4.44. The molecule has 2 aromatic rings. The van der Waals surface area contributed by atoms with E-state index in [4.69, 9.17) is 4.74 Å². The Balaban J connectivity index is 1.99. The number of carbonyl (C=O) groups is 1. The van der Waals surface area contributed by atoms with E-state index >= 15 is 0 Å². The third kappa shape index (κ3) is 3.45. The molecule has 0 heterocycles. The van der Waals surface area contributed by atoms with Crippen molar-refractivity contribution in [2.24, 2.45) is 0 Å². The maximum Gasteiger partial charge on any atom is 0.248 e. The van der Waals surface area contributed by atoms with Crippen LogP contribution in [0.1, 0.15) is 34.8 Å². The summed E-state index contributed by atoms with van der Waals surface area (Å²) in [6.07, 6.45) is 3.06. The molecule has 1 aliphatic carbocycles. The van der Waals surface area contributed by atoms with Gasteiger partial charge in [-0.1, -0.05) is 48.5 Å². The highest BCUT2D eigenvalue weighted by Gasteiger charge is 2.23. The van der Waals surface area contributed by atoms with E-state index in [2.05, 4.69) is 36.4 Å². The van der Waals surface area contributed by atoms with Crippen molar-refractivity contribution in [2.45, 2.75) is 25.4 Å². The van der Waals surface area contributed by atoms with Gasteiger partial charge in [0.25, 0.3) is 0 Å². The number of nitrogens with zero attached hydrogens (tertiary/aromatic N) is 1. The van der Waals surface area contributed by atoms with E-state index in [1.165, 1.54) is 22.3 Å². The van der Waals surface area contributed by atoms with Gasteiger partial charge in [0.2, 0.25) is 5.91 Å². The molecule has 0 saturated carbocycles. The maximum absolute atomic E-state index is 12.0. The summed E-state index contributed by atoms with van der Waals surface area (Å²) in [5.41, 5.74) is 5.02. The molecule has 0 unspecified atom stereocenters. The molecule has 0 atom stereocenters. The molecule has 23 heavy (non-hydrogen) atoms. The molecule has 0 saturated heterocycles. The fraction of sp³-hybridized carbons (Fsp3) is 0.350. The zero-order valence-electron chi connectivity index (χ0n) is 13.8. The van der Waals surface area contributed by atoms with E-state index in [-0.39, 0.29) is 18.6 Å². The number of likely N-dealkylation sites (N-methyl/N-ethyl adjacent to an activating group) is 1. The maximum atomic E-state index is 12.0. The lowest BCUT2D eigenvalue weighted by Gasteiger charge is -2.26. The second-order valence-electron chi connectivity index (χ2n) is 6.23. The third-order valence-corrected chi connectivity index (χ3v) is 4.44. The quantitative estimate of drug-likeness (QED) is 0.870. The van der Waals surface area contributed by atoms with E-state index in [9.17, 15) is 4.79 Å². The van der Waals surface area contributed by atoms with E-state index in [1.54, 1.807) is 19.0 Å². The molecule has 0 aromatic heterocycles. The smallest absolute Gasteiger partial charge is 0.248 e. The Morgan fingerprint density at radius 2 is 1.52 bits per heavy atom. The molecule has 0 N–H and O–H groups in total. The Kier molecular flexibility index (Phi) is 4.77. The van der Waals surface area contributed by atoms with Crippen LogP contribution in [0.25, 0.3) is 0 Å². The molecule has 2 aromatic carbocycles. The minimum Gasteiger partial charge on any atom is -0.359 e. The fourth-order valence-electron chi connectivity index (χ4n) is 3.14. The number of rotatable bonds is 3. The number of benzene rings is 2. The second kappa shape index (κ2) is 6.97. The largest absolute Gasteiger partial charge is 0.359 e. The Morgan fingerprint density at radius 1 is 1.00 bits per heavy atom. The SMILES string of the molecule is CN(C)C(=O)COC1c2ccccc2CCCc2ccccc21. The van der Waals surface area contributed by atoms with Gasteiger partial charge in [-0.3, -0.25) is 4.79 Å². The molecule has 3 nitrogen and oxygen atoms in total. The minimum absolute atomic E-state index is 0.0120. The number of fused-ring (bicyclic) bond motifs is 2. The van der Waals surface area contributed by atoms with Crippen LogP contribution in [0.4, 0.5) is 0 Å². The van der Waals surface area contributed by atoms with E-state index in [0.717, 1.165) is 19.3 Å². The van der Waals surface area contributed by atoms with Crippen molar-refractivity contribution in [1.29, 1.82) is 0 Å². The highest BCUT2D eigenvalue weighted by atomic mass is 16.5. The van der Waals surface area contributed by atoms with Crippen molar-refractivity contribution in [1.82, 2.24) is 4.90 Å². The summed E-state index contributed by atoms with van der Waals surface area (Å²) in [6.45, 7) is 0.0976. The van der Waals surface area contributed by atoms with Crippen molar-refractivity contribution >= 4 is 5.91 Å². The summed E-state index contributed by atoms with van der Waals surface area (Å²) in [4.78, 5) is 13.5. The van der Waals surface area contributed by atoms with E-state index < -0.39 is 0 Å². The summed E-state index contributed by atoms with van der Waals surface area (Å²) in [5.74, 6) is -0.0120. The van der Waals surface area contributed by atoms with Gasteiger partial charge in [-0.25, -0.2) is 0 Å². The molecule has 3 rings (SSSR count). The normalized spacial score (nSPS) is 14.3. The molecule has 0 aliphatic heterocycles. The number of carbonyl (C=O) groups excluding carboxylic acids is 1. The molecule has 1 amide bonds. The molecule has 0 fully saturated rings. The van der Waals surface area contributed by atoms with Crippen LogP contribution < -0.4 is 0 Å². The van der Waals surface area contributed by atoms with E-state index in [0.29, 0.717) is 0 Å². The summed E-state index contributed by atoms with van der Waals surface area (Å²) < 4.78 is 6.10. The van der Waals surface area contributed by atoms with Crippen LogP contribution in [0.15, 0.2) is 48.5 Å². The van der Waals surface area contributed by atoms with Gasteiger partial charge in [0, 0.05) is 14.1 Å².